The van der Waals surface area contributed by atoms with Gasteiger partial charge in [0, 0.05) is 23.5 Å². The Hall–Kier alpha value is -2.03. The van der Waals surface area contributed by atoms with E-state index in [9.17, 15) is 4.79 Å². The van der Waals surface area contributed by atoms with Gasteiger partial charge >= 0.3 is 0 Å². The van der Waals surface area contributed by atoms with Crippen LogP contribution in [0.5, 0.6) is 0 Å². The highest BCUT2D eigenvalue weighted by atomic mass is 16.1. The number of primary amides is 1. The largest absolute Gasteiger partial charge is 0.366 e. The lowest BCUT2D eigenvalue weighted by Crippen LogP contribution is -2.34. The summed E-state index contributed by atoms with van der Waals surface area (Å²) in [5.74, 6) is -0.337. The second kappa shape index (κ2) is 7.66. The minimum absolute atomic E-state index is 0.161. The molecule has 29 heavy (non-hydrogen) atoms. The summed E-state index contributed by atoms with van der Waals surface area (Å²) in [6.45, 7) is 16.9. The normalized spacial score (nSPS) is 17.2. The van der Waals surface area contributed by atoms with Crippen molar-refractivity contribution >= 4 is 5.91 Å². The molecule has 1 amide bonds. The number of fused-ring (bicyclic) bond motifs is 1. The highest BCUT2D eigenvalue weighted by molar-refractivity contribution is 5.96. The number of benzene rings is 1. The molecule has 0 spiro atoms. The van der Waals surface area contributed by atoms with Crippen molar-refractivity contribution in [2.24, 2.45) is 5.73 Å². The molecule has 1 heterocycles. The number of amides is 1. The fourth-order valence-electron chi connectivity index (χ4n) is 4.91. The van der Waals surface area contributed by atoms with Crippen molar-refractivity contribution in [1.82, 2.24) is 4.57 Å². The zero-order valence-corrected chi connectivity index (χ0v) is 19.4. The molecule has 0 atom stereocenters. The van der Waals surface area contributed by atoms with Gasteiger partial charge in [-0.25, -0.2) is 0 Å². The van der Waals surface area contributed by atoms with Crippen molar-refractivity contribution in [1.29, 1.82) is 0 Å². The fraction of sp³-hybridized carbons (Fsp3) is 0.577. The van der Waals surface area contributed by atoms with Gasteiger partial charge in [-0.15, -0.1) is 0 Å². The van der Waals surface area contributed by atoms with Gasteiger partial charge in [0.1, 0.15) is 0 Å². The number of rotatable bonds is 6. The quantitative estimate of drug-likeness (QED) is 0.616. The molecule has 0 unspecified atom stereocenters. The molecule has 1 aromatic heterocycles. The molecule has 158 valence electrons. The molecule has 0 radical (unpaired) electrons. The molecule has 3 rings (SSSR count). The van der Waals surface area contributed by atoms with Crippen LogP contribution in [0.4, 0.5) is 0 Å². The molecule has 1 aliphatic carbocycles. The predicted molar refractivity (Wildman–Crippen MR) is 123 cm³/mol. The maximum Gasteiger partial charge on any atom is 0.250 e. The van der Waals surface area contributed by atoms with E-state index < -0.39 is 0 Å². The van der Waals surface area contributed by atoms with E-state index >= 15 is 0 Å². The van der Waals surface area contributed by atoms with E-state index in [1.165, 1.54) is 35.1 Å². The minimum Gasteiger partial charge on any atom is -0.366 e. The van der Waals surface area contributed by atoms with E-state index in [1.54, 1.807) is 0 Å². The second-order valence-electron chi connectivity index (χ2n) is 10.1. The standard InChI is InChI=1S/C26H38N2O/c1-8-10-13-28-17(3)19(24(27)29)16-23(28)20-15-22-21(14-18(20)9-2)25(4,5)11-12-26(22,6)7/h14-16H,8-13H2,1-7H3,(H2,27,29). The summed E-state index contributed by atoms with van der Waals surface area (Å²) in [6.07, 6.45) is 5.59. The molecule has 3 nitrogen and oxygen atoms in total. The molecular formula is C26H38N2O. The van der Waals surface area contributed by atoms with Crippen LogP contribution in [-0.4, -0.2) is 10.5 Å². The summed E-state index contributed by atoms with van der Waals surface area (Å²) >= 11 is 0. The van der Waals surface area contributed by atoms with E-state index in [-0.39, 0.29) is 16.7 Å². The summed E-state index contributed by atoms with van der Waals surface area (Å²) in [7, 11) is 0. The van der Waals surface area contributed by atoms with Gasteiger partial charge in [-0.1, -0.05) is 54.0 Å². The Morgan fingerprint density at radius 2 is 1.62 bits per heavy atom. The van der Waals surface area contributed by atoms with Crippen molar-refractivity contribution in [3.05, 3.63) is 46.1 Å². The SMILES string of the molecule is CCCCn1c(-c2cc3c(cc2CC)C(C)(C)CCC3(C)C)cc(C(N)=O)c1C. The number of unbranched alkanes of at least 4 members (excludes halogenated alkanes) is 1. The van der Waals surface area contributed by atoms with Crippen LogP contribution in [-0.2, 0) is 23.8 Å². The van der Waals surface area contributed by atoms with Crippen LogP contribution in [0, 0.1) is 6.92 Å². The highest BCUT2D eigenvalue weighted by Crippen LogP contribution is 2.48. The Kier molecular flexibility index (Phi) is 5.73. The van der Waals surface area contributed by atoms with E-state index in [0.717, 1.165) is 37.2 Å². The summed E-state index contributed by atoms with van der Waals surface area (Å²) in [6, 6.07) is 6.90. The number of nitrogens with two attached hydrogens (primary N) is 1. The smallest absolute Gasteiger partial charge is 0.250 e. The Morgan fingerprint density at radius 1 is 1.03 bits per heavy atom. The van der Waals surface area contributed by atoms with Crippen LogP contribution >= 0.6 is 0 Å². The number of carbonyl (C=O) groups excluding carboxylic acids is 1. The highest BCUT2D eigenvalue weighted by Gasteiger charge is 2.38. The number of hydrogen-bond acceptors (Lipinski definition) is 1. The number of aryl methyl sites for hydroxylation is 1. The van der Waals surface area contributed by atoms with Gasteiger partial charge in [0.05, 0.1) is 5.56 Å². The van der Waals surface area contributed by atoms with Crippen LogP contribution in [0.25, 0.3) is 11.3 Å². The van der Waals surface area contributed by atoms with Crippen molar-refractivity contribution in [2.45, 2.75) is 97.9 Å². The van der Waals surface area contributed by atoms with Gasteiger partial charge in [-0.05, 0) is 72.3 Å². The topological polar surface area (TPSA) is 48.0 Å². The Bertz CT molecular complexity index is 931. The van der Waals surface area contributed by atoms with Crippen LogP contribution in [0.1, 0.15) is 100.0 Å². The Morgan fingerprint density at radius 3 is 2.14 bits per heavy atom. The van der Waals surface area contributed by atoms with Gasteiger partial charge in [0.2, 0.25) is 0 Å². The molecule has 0 fully saturated rings. The minimum atomic E-state index is -0.337. The monoisotopic (exact) mass is 394 g/mol. The lowest BCUT2D eigenvalue weighted by atomic mass is 9.62. The van der Waals surface area contributed by atoms with E-state index in [2.05, 4.69) is 58.2 Å². The Labute approximate surface area is 176 Å². The summed E-state index contributed by atoms with van der Waals surface area (Å²) in [5.41, 5.74) is 14.4. The third kappa shape index (κ3) is 3.76. The third-order valence-corrected chi connectivity index (χ3v) is 7.10. The molecule has 0 saturated heterocycles. The first-order chi connectivity index (χ1) is 13.5. The van der Waals surface area contributed by atoms with Crippen LogP contribution < -0.4 is 5.73 Å². The molecule has 2 aromatic rings. The van der Waals surface area contributed by atoms with Crippen LogP contribution in [0.15, 0.2) is 18.2 Å². The van der Waals surface area contributed by atoms with E-state index in [4.69, 9.17) is 5.73 Å². The molecule has 0 bridgehead atoms. The first kappa shape index (κ1) is 21.7. The van der Waals surface area contributed by atoms with Crippen molar-refractivity contribution in [3.63, 3.8) is 0 Å². The fourth-order valence-corrected chi connectivity index (χ4v) is 4.91. The van der Waals surface area contributed by atoms with Gasteiger partial charge in [-0.3, -0.25) is 4.79 Å². The molecule has 3 heteroatoms. The zero-order chi connectivity index (χ0) is 21.6. The molecule has 0 aliphatic heterocycles. The molecule has 2 N–H and O–H groups in total. The van der Waals surface area contributed by atoms with E-state index in [0.29, 0.717) is 5.56 Å². The first-order valence-corrected chi connectivity index (χ1v) is 11.2. The number of carbonyl (C=O) groups is 1. The lowest BCUT2D eigenvalue weighted by Gasteiger charge is -2.42. The summed E-state index contributed by atoms with van der Waals surface area (Å²) in [5, 5.41) is 0. The number of nitrogens with zero attached hydrogens (tertiary/aromatic N) is 1. The molecule has 1 aromatic carbocycles. The summed E-state index contributed by atoms with van der Waals surface area (Å²) in [4.78, 5) is 12.1. The van der Waals surface area contributed by atoms with Gasteiger partial charge in [-0.2, -0.15) is 0 Å². The second-order valence-corrected chi connectivity index (χ2v) is 10.1. The van der Waals surface area contributed by atoms with Crippen LogP contribution in [0.2, 0.25) is 0 Å². The van der Waals surface area contributed by atoms with Crippen molar-refractivity contribution in [2.75, 3.05) is 0 Å². The first-order valence-electron chi connectivity index (χ1n) is 11.2. The van der Waals surface area contributed by atoms with Crippen molar-refractivity contribution < 1.29 is 4.79 Å². The van der Waals surface area contributed by atoms with Gasteiger partial charge in [0.25, 0.3) is 5.91 Å². The molecular weight excluding hydrogens is 356 g/mol. The molecule has 1 aliphatic rings. The average molecular weight is 395 g/mol. The van der Waals surface area contributed by atoms with Crippen molar-refractivity contribution in [3.8, 4) is 11.3 Å². The van der Waals surface area contributed by atoms with Gasteiger partial charge in [0.15, 0.2) is 0 Å². The maximum atomic E-state index is 12.1. The van der Waals surface area contributed by atoms with E-state index in [1.807, 2.05) is 13.0 Å². The summed E-state index contributed by atoms with van der Waals surface area (Å²) < 4.78 is 2.31. The number of hydrogen-bond donors (Lipinski definition) is 1. The zero-order valence-electron chi connectivity index (χ0n) is 19.4. The molecule has 0 saturated carbocycles. The third-order valence-electron chi connectivity index (χ3n) is 7.10. The maximum absolute atomic E-state index is 12.1. The average Bonchev–Trinajstić information content (AvgIpc) is 2.99. The van der Waals surface area contributed by atoms with Crippen LogP contribution in [0.3, 0.4) is 0 Å². The predicted octanol–water partition coefficient (Wildman–Crippen LogP) is 6.27. The van der Waals surface area contributed by atoms with Gasteiger partial charge < -0.3 is 10.3 Å². The number of aromatic nitrogens is 1. The lowest BCUT2D eigenvalue weighted by molar-refractivity contribution is 0.0999. The Balaban J connectivity index is 2.29.